The third kappa shape index (κ3) is 2.63. The number of rotatable bonds is 5. The third-order valence-corrected chi connectivity index (χ3v) is 3.13. The Bertz CT molecular complexity index is 346. The van der Waals surface area contributed by atoms with Gasteiger partial charge in [-0.25, -0.2) is 0 Å². The molecule has 0 spiro atoms. The smallest absolute Gasteiger partial charge is 0.0850 e. The molecular formula is C14H17O2. The van der Waals surface area contributed by atoms with Gasteiger partial charge >= 0.3 is 0 Å². The summed E-state index contributed by atoms with van der Waals surface area (Å²) in [5, 5.41) is 0. The van der Waals surface area contributed by atoms with Gasteiger partial charge in [0.25, 0.3) is 0 Å². The van der Waals surface area contributed by atoms with Gasteiger partial charge in [0.15, 0.2) is 0 Å². The highest BCUT2D eigenvalue weighted by atomic mass is 16.6. The van der Waals surface area contributed by atoms with Crippen molar-refractivity contribution >= 4 is 0 Å². The molecule has 2 heterocycles. The van der Waals surface area contributed by atoms with E-state index in [-0.39, 0.29) is 0 Å². The number of benzene rings is 1. The van der Waals surface area contributed by atoms with Gasteiger partial charge in [-0.2, -0.15) is 0 Å². The summed E-state index contributed by atoms with van der Waals surface area (Å²) in [5.74, 6) is 0. The molecule has 0 saturated carbocycles. The number of ether oxygens (including phenoxy) is 2. The lowest BCUT2D eigenvalue weighted by Gasteiger charge is -2.07. The molecule has 2 aliphatic heterocycles. The molecular weight excluding hydrogens is 200 g/mol. The van der Waals surface area contributed by atoms with Crippen LogP contribution in [0.4, 0.5) is 0 Å². The molecule has 0 aromatic heterocycles. The highest BCUT2D eigenvalue weighted by molar-refractivity contribution is 5.32. The van der Waals surface area contributed by atoms with Gasteiger partial charge in [-0.15, -0.1) is 0 Å². The van der Waals surface area contributed by atoms with Gasteiger partial charge in [0.05, 0.1) is 25.4 Å². The summed E-state index contributed by atoms with van der Waals surface area (Å²) < 4.78 is 10.6. The minimum Gasteiger partial charge on any atom is -0.373 e. The van der Waals surface area contributed by atoms with Crippen molar-refractivity contribution in [1.29, 1.82) is 0 Å². The number of hydrogen-bond acceptors (Lipinski definition) is 2. The molecule has 2 fully saturated rings. The van der Waals surface area contributed by atoms with E-state index >= 15 is 0 Å². The van der Waals surface area contributed by atoms with Gasteiger partial charge in [0, 0.05) is 12.8 Å². The molecule has 0 amide bonds. The van der Waals surface area contributed by atoms with E-state index < -0.39 is 0 Å². The van der Waals surface area contributed by atoms with Crippen LogP contribution in [0.1, 0.15) is 16.7 Å². The van der Waals surface area contributed by atoms with Crippen LogP contribution >= 0.6 is 0 Å². The summed E-state index contributed by atoms with van der Waals surface area (Å²) in [6.07, 6.45) is 3.88. The molecule has 2 heteroatoms. The van der Waals surface area contributed by atoms with Gasteiger partial charge in [-0.05, 0) is 30.0 Å². The normalized spacial score (nSPS) is 26.8. The fraction of sp³-hybridized carbons (Fsp3) is 0.500. The van der Waals surface area contributed by atoms with Crippen molar-refractivity contribution in [3.8, 4) is 0 Å². The van der Waals surface area contributed by atoms with Crippen LogP contribution in [-0.4, -0.2) is 25.4 Å². The highest BCUT2D eigenvalue weighted by Gasteiger charge is 2.25. The molecule has 2 aliphatic rings. The van der Waals surface area contributed by atoms with E-state index in [1.807, 2.05) is 0 Å². The molecule has 2 nitrogen and oxygen atoms in total. The van der Waals surface area contributed by atoms with Crippen LogP contribution in [0.15, 0.2) is 18.2 Å². The maximum absolute atomic E-state index is 5.28. The second-order valence-electron chi connectivity index (χ2n) is 4.73. The Morgan fingerprint density at radius 2 is 1.38 bits per heavy atom. The van der Waals surface area contributed by atoms with Crippen LogP contribution < -0.4 is 0 Å². The SMILES string of the molecule is [CH2]Cc1cc(CC2CO2)cc(CC2CO2)c1. The number of hydrogen-bond donors (Lipinski definition) is 0. The number of epoxide rings is 2. The van der Waals surface area contributed by atoms with Gasteiger partial charge in [0.2, 0.25) is 0 Å². The van der Waals surface area contributed by atoms with Crippen molar-refractivity contribution in [3.05, 3.63) is 41.8 Å². The Labute approximate surface area is 96.6 Å². The van der Waals surface area contributed by atoms with Crippen LogP contribution in [0.25, 0.3) is 0 Å². The van der Waals surface area contributed by atoms with Gasteiger partial charge in [-0.1, -0.05) is 18.2 Å². The zero-order valence-electron chi connectivity index (χ0n) is 9.45. The lowest BCUT2D eigenvalue weighted by molar-refractivity contribution is 0.406. The van der Waals surface area contributed by atoms with Gasteiger partial charge < -0.3 is 9.47 Å². The first-order valence-electron chi connectivity index (χ1n) is 5.97. The van der Waals surface area contributed by atoms with Crippen molar-refractivity contribution in [3.63, 3.8) is 0 Å². The predicted octanol–water partition coefficient (Wildman–Crippen LogP) is 1.95. The van der Waals surface area contributed by atoms with E-state index in [9.17, 15) is 0 Å². The molecule has 85 valence electrons. The standard InChI is InChI=1S/C14H17O2/c1-2-10-3-11(6-13-8-15-13)5-12(4-10)7-14-9-16-14/h3-5,13-14H,1-2,6-9H2. The molecule has 1 aromatic rings. The molecule has 2 unspecified atom stereocenters. The second kappa shape index (κ2) is 4.19. The maximum atomic E-state index is 5.28. The molecule has 2 atom stereocenters. The molecule has 0 N–H and O–H groups in total. The van der Waals surface area contributed by atoms with E-state index in [4.69, 9.17) is 9.47 Å². The first-order valence-corrected chi connectivity index (χ1v) is 5.97. The van der Waals surface area contributed by atoms with Crippen LogP contribution in [0.5, 0.6) is 0 Å². The lowest BCUT2D eigenvalue weighted by atomic mass is 9.99. The summed E-state index contributed by atoms with van der Waals surface area (Å²) in [5.41, 5.74) is 4.10. The molecule has 0 aliphatic carbocycles. The van der Waals surface area contributed by atoms with Gasteiger partial charge in [0.1, 0.15) is 0 Å². The highest BCUT2D eigenvalue weighted by Crippen LogP contribution is 2.22. The summed E-state index contributed by atoms with van der Waals surface area (Å²) in [6.45, 7) is 5.82. The van der Waals surface area contributed by atoms with Crippen LogP contribution in [0, 0.1) is 6.92 Å². The minimum absolute atomic E-state index is 0.463. The van der Waals surface area contributed by atoms with Crippen LogP contribution in [0.2, 0.25) is 0 Å². The molecule has 16 heavy (non-hydrogen) atoms. The Kier molecular flexibility index (Phi) is 2.70. The Hall–Kier alpha value is -0.860. The van der Waals surface area contributed by atoms with Crippen molar-refractivity contribution in [2.75, 3.05) is 13.2 Å². The summed E-state index contributed by atoms with van der Waals surface area (Å²) in [6, 6.07) is 6.81. The fourth-order valence-electron chi connectivity index (χ4n) is 2.12. The van der Waals surface area contributed by atoms with E-state index in [0.29, 0.717) is 12.2 Å². The molecule has 2 saturated heterocycles. The van der Waals surface area contributed by atoms with Crippen molar-refractivity contribution in [2.24, 2.45) is 0 Å². The Balaban J connectivity index is 1.78. The molecule has 0 bridgehead atoms. The van der Waals surface area contributed by atoms with Crippen molar-refractivity contribution < 1.29 is 9.47 Å². The van der Waals surface area contributed by atoms with E-state index in [2.05, 4.69) is 25.1 Å². The van der Waals surface area contributed by atoms with E-state index in [0.717, 1.165) is 32.5 Å². The fourth-order valence-corrected chi connectivity index (χ4v) is 2.12. The summed E-state index contributed by atoms with van der Waals surface area (Å²) in [4.78, 5) is 0. The largest absolute Gasteiger partial charge is 0.373 e. The average molecular weight is 217 g/mol. The predicted molar refractivity (Wildman–Crippen MR) is 62.4 cm³/mol. The van der Waals surface area contributed by atoms with Crippen LogP contribution in [0.3, 0.4) is 0 Å². The minimum atomic E-state index is 0.463. The van der Waals surface area contributed by atoms with Gasteiger partial charge in [-0.3, -0.25) is 0 Å². The topological polar surface area (TPSA) is 25.1 Å². The average Bonchev–Trinajstić information content (AvgIpc) is 3.13. The zero-order valence-corrected chi connectivity index (χ0v) is 9.45. The van der Waals surface area contributed by atoms with E-state index in [1.54, 1.807) is 0 Å². The zero-order chi connectivity index (χ0) is 11.0. The first-order chi connectivity index (χ1) is 7.83. The molecule has 1 radical (unpaired) electrons. The van der Waals surface area contributed by atoms with Crippen LogP contribution in [-0.2, 0) is 28.7 Å². The van der Waals surface area contributed by atoms with Crippen molar-refractivity contribution in [1.82, 2.24) is 0 Å². The maximum Gasteiger partial charge on any atom is 0.0850 e. The Morgan fingerprint density at radius 3 is 1.75 bits per heavy atom. The second-order valence-corrected chi connectivity index (χ2v) is 4.73. The molecule has 3 rings (SSSR count). The Morgan fingerprint density at radius 1 is 0.938 bits per heavy atom. The quantitative estimate of drug-likeness (QED) is 0.704. The summed E-state index contributed by atoms with van der Waals surface area (Å²) in [7, 11) is 0. The molecule has 1 aromatic carbocycles. The van der Waals surface area contributed by atoms with Crippen molar-refractivity contribution in [2.45, 2.75) is 31.5 Å². The third-order valence-electron chi connectivity index (χ3n) is 3.13. The lowest BCUT2D eigenvalue weighted by Crippen LogP contribution is -1.99. The summed E-state index contributed by atoms with van der Waals surface area (Å²) >= 11 is 0. The first kappa shape index (κ1) is 10.3. The van der Waals surface area contributed by atoms with E-state index in [1.165, 1.54) is 16.7 Å². The monoisotopic (exact) mass is 217 g/mol.